The third-order valence-electron chi connectivity index (χ3n) is 4.83. The fourth-order valence-electron chi connectivity index (χ4n) is 2.59. The summed E-state index contributed by atoms with van der Waals surface area (Å²) in [6.45, 7) is 8.12. The average molecular weight is 327 g/mol. The van der Waals surface area contributed by atoms with E-state index in [9.17, 15) is 4.79 Å². The minimum atomic E-state index is -0.418. The highest BCUT2D eigenvalue weighted by Crippen LogP contribution is 2.36. The molecule has 0 radical (unpaired) electrons. The number of nitrogens with one attached hydrogen (secondary N) is 1. The minimum Gasteiger partial charge on any atom is -0.465 e. The zero-order chi connectivity index (χ0) is 17.5. The van der Waals surface area contributed by atoms with E-state index in [-0.39, 0.29) is 17.2 Å². The van der Waals surface area contributed by atoms with E-state index in [1.165, 1.54) is 7.11 Å². The van der Waals surface area contributed by atoms with Gasteiger partial charge in [-0.15, -0.1) is 0 Å². The largest absolute Gasteiger partial charge is 0.512 e. The third-order valence-corrected chi connectivity index (χ3v) is 4.83. The highest BCUT2D eigenvalue weighted by molar-refractivity contribution is 6.61. The first-order chi connectivity index (χ1) is 11.2. The van der Waals surface area contributed by atoms with Crippen molar-refractivity contribution >= 4 is 18.7 Å². The van der Waals surface area contributed by atoms with E-state index in [2.05, 4.69) is 4.98 Å². The standard InChI is InChI=1S/C18H22BNO4/c1-17(2)18(3,4)24-19(23-17)15-11-10-14(20-15)12-6-8-13(9-7-12)16(21)22-5/h6-11,20H,1-5H3. The molecule has 0 amide bonds. The van der Waals surface area contributed by atoms with E-state index in [1.54, 1.807) is 12.1 Å². The fourth-order valence-corrected chi connectivity index (χ4v) is 2.59. The lowest BCUT2D eigenvalue weighted by Gasteiger charge is -2.32. The highest BCUT2D eigenvalue weighted by atomic mass is 16.7. The molecule has 1 fully saturated rings. The Balaban J connectivity index is 1.80. The predicted molar refractivity (Wildman–Crippen MR) is 93.3 cm³/mol. The lowest BCUT2D eigenvalue weighted by Crippen LogP contribution is -2.41. The van der Waals surface area contributed by atoms with E-state index in [0.29, 0.717) is 5.56 Å². The highest BCUT2D eigenvalue weighted by Gasteiger charge is 2.52. The summed E-state index contributed by atoms with van der Waals surface area (Å²) in [6, 6.07) is 11.2. The molecule has 2 aromatic rings. The van der Waals surface area contributed by atoms with Gasteiger partial charge >= 0.3 is 13.1 Å². The molecule has 3 rings (SSSR count). The molecule has 0 atom stereocenters. The molecule has 1 N–H and O–H groups in total. The third kappa shape index (κ3) is 2.87. The summed E-state index contributed by atoms with van der Waals surface area (Å²) < 4.78 is 16.8. The molecule has 0 saturated carbocycles. The van der Waals surface area contributed by atoms with Gasteiger partial charge in [0.25, 0.3) is 0 Å². The van der Waals surface area contributed by atoms with Crippen molar-refractivity contribution in [2.24, 2.45) is 0 Å². The smallest absolute Gasteiger partial charge is 0.465 e. The SMILES string of the molecule is COC(=O)c1ccc(-c2ccc(B3OC(C)(C)C(C)(C)O3)[nH]2)cc1. The molecule has 24 heavy (non-hydrogen) atoms. The predicted octanol–water partition coefficient (Wildman–Crippen LogP) is 2.77. The molecule has 6 heteroatoms. The molecule has 0 bridgehead atoms. The first-order valence-electron chi connectivity index (χ1n) is 7.97. The molecular formula is C18H22BNO4. The van der Waals surface area contributed by atoms with Crippen LogP contribution in [-0.4, -0.2) is 36.4 Å². The van der Waals surface area contributed by atoms with Crippen LogP contribution in [0.4, 0.5) is 0 Å². The van der Waals surface area contributed by atoms with Gasteiger partial charge < -0.3 is 19.0 Å². The molecule has 5 nitrogen and oxygen atoms in total. The fraction of sp³-hybridized carbons (Fsp3) is 0.389. The Kier molecular flexibility index (Phi) is 4.05. The van der Waals surface area contributed by atoms with Gasteiger partial charge in [-0.05, 0) is 57.5 Å². The van der Waals surface area contributed by atoms with Crippen molar-refractivity contribution in [2.45, 2.75) is 38.9 Å². The molecule has 1 aromatic heterocycles. The Morgan fingerprint density at radius 2 is 1.58 bits per heavy atom. The van der Waals surface area contributed by atoms with Crippen molar-refractivity contribution in [3.8, 4) is 11.3 Å². The number of hydrogen-bond acceptors (Lipinski definition) is 4. The van der Waals surface area contributed by atoms with Gasteiger partial charge in [-0.2, -0.15) is 0 Å². The number of aromatic nitrogens is 1. The summed E-state index contributed by atoms with van der Waals surface area (Å²) >= 11 is 0. The lowest BCUT2D eigenvalue weighted by atomic mass is 9.85. The van der Waals surface area contributed by atoms with Gasteiger partial charge in [0.05, 0.1) is 23.9 Å². The monoisotopic (exact) mass is 327 g/mol. The van der Waals surface area contributed by atoms with Crippen molar-refractivity contribution in [1.29, 1.82) is 0 Å². The van der Waals surface area contributed by atoms with Crippen molar-refractivity contribution < 1.29 is 18.8 Å². The van der Waals surface area contributed by atoms with Crippen molar-refractivity contribution in [2.75, 3.05) is 7.11 Å². The first kappa shape index (κ1) is 16.8. The van der Waals surface area contributed by atoms with Crippen LogP contribution in [0.3, 0.4) is 0 Å². The number of carbonyl (C=O) groups excluding carboxylic acids is 1. The number of H-pyrrole nitrogens is 1. The van der Waals surface area contributed by atoms with Crippen LogP contribution >= 0.6 is 0 Å². The molecule has 1 aliphatic heterocycles. The van der Waals surface area contributed by atoms with Crippen molar-refractivity contribution in [3.05, 3.63) is 42.0 Å². The van der Waals surface area contributed by atoms with Crippen LogP contribution in [-0.2, 0) is 14.0 Å². The Labute approximate surface area is 142 Å². The maximum atomic E-state index is 11.5. The summed E-state index contributed by atoms with van der Waals surface area (Å²) in [7, 11) is 0.955. The summed E-state index contributed by atoms with van der Waals surface area (Å²) in [5.74, 6) is -0.342. The van der Waals surface area contributed by atoms with Crippen LogP contribution in [0.15, 0.2) is 36.4 Å². The van der Waals surface area contributed by atoms with Crippen LogP contribution in [0.25, 0.3) is 11.3 Å². The second kappa shape index (κ2) is 5.79. The van der Waals surface area contributed by atoms with Gasteiger partial charge in [0.15, 0.2) is 0 Å². The van der Waals surface area contributed by atoms with E-state index < -0.39 is 7.12 Å². The van der Waals surface area contributed by atoms with E-state index >= 15 is 0 Å². The Bertz CT molecular complexity index is 733. The van der Waals surface area contributed by atoms with E-state index in [1.807, 2.05) is 52.0 Å². The maximum Gasteiger partial charge on any atom is 0.512 e. The number of carbonyl (C=O) groups is 1. The molecule has 1 aliphatic rings. The molecule has 0 spiro atoms. The number of aromatic amines is 1. The van der Waals surface area contributed by atoms with Gasteiger partial charge in [0, 0.05) is 11.3 Å². The lowest BCUT2D eigenvalue weighted by molar-refractivity contribution is 0.00578. The van der Waals surface area contributed by atoms with Crippen LogP contribution < -0.4 is 5.59 Å². The molecule has 0 unspecified atom stereocenters. The maximum absolute atomic E-state index is 11.5. The normalized spacial score (nSPS) is 18.6. The Morgan fingerprint density at radius 1 is 1.00 bits per heavy atom. The number of benzene rings is 1. The zero-order valence-electron chi connectivity index (χ0n) is 14.7. The Morgan fingerprint density at radius 3 is 2.12 bits per heavy atom. The quantitative estimate of drug-likeness (QED) is 0.696. The van der Waals surface area contributed by atoms with Crippen molar-refractivity contribution in [3.63, 3.8) is 0 Å². The number of ether oxygens (including phenoxy) is 1. The van der Waals surface area contributed by atoms with Crippen LogP contribution in [0.1, 0.15) is 38.1 Å². The van der Waals surface area contributed by atoms with E-state index in [4.69, 9.17) is 14.0 Å². The molecule has 1 saturated heterocycles. The second-order valence-corrected chi connectivity index (χ2v) is 6.98. The molecule has 2 heterocycles. The second-order valence-electron chi connectivity index (χ2n) is 6.98. The molecule has 126 valence electrons. The zero-order valence-corrected chi connectivity index (χ0v) is 14.7. The number of hydrogen-bond donors (Lipinski definition) is 1. The van der Waals surface area contributed by atoms with E-state index in [0.717, 1.165) is 16.9 Å². The Hall–Kier alpha value is -2.05. The summed E-state index contributed by atoms with van der Waals surface area (Å²) in [5.41, 5.74) is 2.58. The first-order valence-corrected chi connectivity index (χ1v) is 7.97. The topological polar surface area (TPSA) is 60.6 Å². The van der Waals surface area contributed by atoms with Gasteiger partial charge in [-0.25, -0.2) is 4.79 Å². The van der Waals surface area contributed by atoms with Crippen LogP contribution in [0, 0.1) is 0 Å². The molecular weight excluding hydrogens is 305 g/mol. The van der Waals surface area contributed by atoms with Crippen LogP contribution in [0.5, 0.6) is 0 Å². The molecule has 1 aromatic carbocycles. The van der Waals surface area contributed by atoms with Gasteiger partial charge in [-0.3, -0.25) is 0 Å². The summed E-state index contributed by atoms with van der Waals surface area (Å²) in [4.78, 5) is 14.8. The number of rotatable bonds is 3. The van der Waals surface area contributed by atoms with Gasteiger partial charge in [-0.1, -0.05) is 12.1 Å². The number of methoxy groups -OCH3 is 1. The summed E-state index contributed by atoms with van der Waals surface area (Å²) in [6.07, 6.45) is 0. The average Bonchev–Trinajstić information content (AvgIpc) is 3.10. The molecule has 0 aliphatic carbocycles. The minimum absolute atomic E-state index is 0.342. The van der Waals surface area contributed by atoms with Crippen molar-refractivity contribution in [1.82, 2.24) is 4.98 Å². The number of esters is 1. The summed E-state index contributed by atoms with van der Waals surface area (Å²) in [5, 5.41) is 0. The van der Waals surface area contributed by atoms with Gasteiger partial charge in [0.2, 0.25) is 0 Å². The van der Waals surface area contributed by atoms with Gasteiger partial charge in [0.1, 0.15) is 0 Å². The van der Waals surface area contributed by atoms with Crippen LogP contribution in [0.2, 0.25) is 0 Å².